The second kappa shape index (κ2) is 8.42. The van der Waals surface area contributed by atoms with Gasteiger partial charge in [-0.25, -0.2) is 0 Å². The zero-order chi connectivity index (χ0) is 21.7. The Hall–Kier alpha value is -0.560. The molecule has 3 fully saturated rings. The van der Waals surface area contributed by atoms with Crippen LogP contribution in [0.5, 0.6) is 0 Å². The number of hydrogen-bond acceptors (Lipinski definition) is 1. The first-order chi connectivity index (χ1) is 14.2. The smallest absolute Gasteiger partial charge is 0.0577 e. The van der Waals surface area contributed by atoms with Gasteiger partial charge >= 0.3 is 0 Å². The molecular weight excluding hydrogens is 364 g/mol. The normalized spacial score (nSPS) is 45.6. The van der Waals surface area contributed by atoms with E-state index in [0.29, 0.717) is 16.7 Å². The molecule has 0 heterocycles. The average molecular weight is 413 g/mol. The lowest BCUT2D eigenvalue weighted by Crippen LogP contribution is -2.50. The molecule has 0 spiro atoms. The Morgan fingerprint density at radius 2 is 1.80 bits per heavy atom. The van der Waals surface area contributed by atoms with Crippen LogP contribution in [-0.4, -0.2) is 11.2 Å². The third kappa shape index (κ3) is 3.66. The minimum atomic E-state index is -0.0870. The van der Waals surface area contributed by atoms with Crippen molar-refractivity contribution in [1.82, 2.24) is 0 Å². The van der Waals surface area contributed by atoms with E-state index in [9.17, 15) is 5.11 Å². The van der Waals surface area contributed by atoms with Gasteiger partial charge in [-0.15, -0.1) is 0 Å². The molecule has 3 saturated carbocycles. The third-order valence-corrected chi connectivity index (χ3v) is 10.8. The Morgan fingerprint density at radius 3 is 2.50 bits per heavy atom. The van der Waals surface area contributed by atoms with Gasteiger partial charge in [0.1, 0.15) is 0 Å². The summed E-state index contributed by atoms with van der Waals surface area (Å²) in [5, 5.41) is 10.2. The van der Waals surface area contributed by atoms with Crippen LogP contribution in [0.3, 0.4) is 0 Å². The summed E-state index contributed by atoms with van der Waals surface area (Å²) >= 11 is 0. The summed E-state index contributed by atoms with van der Waals surface area (Å²) in [6.07, 6.45) is 19.1. The predicted molar refractivity (Wildman–Crippen MR) is 128 cm³/mol. The molecule has 4 rings (SSSR count). The van der Waals surface area contributed by atoms with E-state index in [2.05, 4.69) is 59.8 Å². The molecule has 9 atom stereocenters. The number of rotatable bonds is 5. The van der Waals surface area contributed by atoms with Crippen LogP contribution < -0.4 is 0 Å². The van der Waals surface area contributed by atoms with Gasteiger partial charge in [0.15, 0.2) is 0 Å². The Balaban J connectivity index is 1.52. The molecule has 1 heteroatoms. The van der Waals surface area contributed by atoms with E-state index in [1.807, 2.05) is 0 Å². The quantitative estimate of drug-likeness (QED) is 0.457. The van der Waals surface area contributed by atoms with Crippen LogP contribution in [-0.2, 0) is 0 Å². The Labute approximate surface area is 186 Å². The average Bonchev–Trinajstić information content (AvgIpc) is 3.06. The van der Waals surface area contributed by atoms with Gasteiger partial charge in [-0.3, -0.25) is 0 Å². The molecule has 0 aromatic heterocycles. The summed E-state index contributed by atoms with van der Waals surface area (Å²) < 4.78 is 0. The largest absolute Gasteiger partial charge is 0.393 e. The fourth-order valence-corrected chi connectivity index (χ4v) is 8.83. The van der Waals surface area contributed by atoms with Crippen molar-refractivity contribution in [3.8, 4) is 0 Å². The van der Waals surface area contributed by atoms with E-state index < -0.39 is 0 Å². The fourth-order valence-electron chi connectivity index (χ4n) is 8.83. The van der Waals surface area contributed by atoms with Crippen LogP contribution in [0.25, 0.3) is 0 Å². The summed E-state index contributed by atoms with van der Waals surface area (Å²) in [4.78, 5) is 0. The standard InChI is InChI=1S/C29H48O/c1-7-21(19(2)3)9-8-20(4)25-12-13-26-24-11-10-22-18-23(30)14-16-28(22,5)27(24)15-17-29(25,26)6/h8-10,19-21,23-27,30H,7,11-18H2,1-6H3/b9-8-/t20-,21+,23-,24-,25-,26-,27-,28-,29+/m0/s1. The van der Waals surface area contributed by atoms with E-state index in [4.69, 9.17) is 0 Å². The van der Waals surface area contributed by atoms with Crippen molar-refractivity contribution in [3.05, 3.63) is 23.8 Å². The highest BCUT2D eigenvalue weighted by molar-refractivity contribution is 5.25. The van der Waals surface area contributed by atoms with Crippen molar-refractivity contribution in [1.29, 1.82) is 0 Å². The molecule has 4 aliphatic carbocycles. The maximum Gasteiger partial charge on any atom is 0.0577 e. The van der Waals surface area contributed by atoms with Crippen molar-refractivity contribution in [2.45, 2.75) is 105 Å². The number of allylic oxidation sites excluding steroid dienone is 3. The number of hydrogen-bond donors (Lipinski definition) is 1. The Kier molecular flexibility index (Phi) is 6.35. The van der Waals surface area contributed by atoms with E-state index >= 15 is 0 Å². The Bertz CT molecular complexity index is 674. The number of aliphatic hydroxyl groups excluding tert-OH is 1. The highest BCUT2D eigenvalue weighted by atomic mass is 16.3. The van der Waals surface area contributed by atoms with Gasteiger partial charge < -0.3 is 5.11 Å². The molecule has 0 unspecified atom stereocenters. The molecule has 0 bridgehead atoms. The van der Waals surface area contributed by atoms with Gasteiger partial charge in [0.25, 0.3) is 0 Å². The van der Waals surface area contributed by atoms with E-state index in [0.717, 1.165) is 48.3 Å². The highest BCUT2D eigenvalue weighted by Crippen LogP contribution is 2.67. The molecule has 0 aromatic rings. The van der Waals surface area contributed by atoms with Gasteiger partial charge in [0.05, 0.1) is 6.10 Å². The van der Waals surface area contributed by atoms with Crippen LogP contribution >= 0.6 is 0 Å². The minimum Gasteiger partial charge on any atom is -0.393 e. The van der Waals surface area contributed by atoms with Gasteiger partial charge in [-0.2, -0.15) is 0 Å². The van der Waals surface area contributed by atoms with Crippen molar-refractivity contribution in [2.75, 3.05) is 0 Å². The third-order valence-electron chi connectivity index (χ3n) is 10.8. The second-order valence-electron chi connectivity index (χ2n) is 12.4. The fraction of sp³-hybridized carbons (Fsp3) is 0.862. The monoisotopic (exact) mass is 412 g/mol. The number of aliphatic hydroxyl groups is 1. The maximum atomic E-state index is 10.2. The molecule has 0 aromatic carbocycles. The van der Waals surface area contributed by atoms with Crippen LogP contribution in [0.15, 0.2) is 23.8 Å². The molecule has 0 amide bonds. The first kappa shape index (κ1) is 22.6. The lowest BCUT2D eigenvalue weighted by atomic mass is 9.47. The summed E-state index contributed by atoms with van der Waals surface area (Å²) in [6, 6.07) is 0. The van der Waals surface area contributed by atoms with Gasteiger partial charge in [-0.05, 0) is 110 Å². The maximum absolute atomic E-state index is 10.2. The van der Waals surface area contributed by atoms with E-state index in [1.165, 1.54) is 44.9 Å². The lowest BCUT2D eigenvalue weighted by molar-refractivity contribution is -0.0540. The van der Waals surface area contributed by atoms with Crippen molar-refractivity contribution < 1.29 is 5.11 Å². The summed E-state index contributed by atoms with van der Waals surface area (Å²) in [5.41, 5.74) is 2.51. The molecule has 0 radical (unpaired) electrons. The summed E-state index contributed by atoms with van der Waals surface area (Å²) in [7, 11) is 0. The summed E-state index contributed by atoms with van der Waals surface area (Å²) in [6.45, 7) is 14.8. The summed E-state index contributed by atoms with van der Waals surface area (Å²) in [5.74, 6) is 5.70. The van der Waals surface area contributed by atoms with Crippen LogP contribution in [0.2, 0.25) is 0 Å². The van der Waals surface area contributed by atoms with Crippen molar-refractivity contribution in [2.24, 2.45) is 52.3 Å². The second-order valence-corrected chi connectivity index (χ2v) is 12.4. The van der Waals surface area contributed by atoms with Gasteiger partial charge in [-0.1, -0.05) is 65.3 Å². The molecular formula is C29H48O. The highest BCUT2D eigenvalue weighted by Gasteiger charge is 2.58. The van der Waals surface area contributed by atoms with E-state index in [-0.39, 0.29) is 6.10 Å². The molecule has 30 heavy (non-hydrogen) atoms. The van der Waals surface area contributed by atoms with Gasteiger partial charge in [0, 0.05) is 0 Å². The zero-order valence-electron chi connectivity index (χ0n) is 20.7. The minimum absolute atomic E-state index is 0.0870. The lowest BCUT2D eigenvalue weighted by Gasteiger charge is -2.58. The predicted octanol–water partition coefficient (Wildman–Crippen LogP) is 7.80. The first-order valence-electron chi connectivity index (χ1n) is 13.3. The Morgan fingerprint density at radius 1 is 1.03 bits per heavy atom. The van der Waals surface area contributed by atoms with Crippen molar-refractivity contribution >= 4 is 0 Å². The molecule has 1 N–H and O–H groups in total. The molecule has 0 aliphatic heterocycles. The topological polar surface area (TPSA) is 20.2 Å². The zero-order valence-corrected chi connectivity index (χ0v) is 20.7. The van der Waals surface area contributed by atoms with Crippen molar-refractivity contribution in [3.63, 3.8) is 0 Å². The van der Waals surface area contributed by atoms with Crippen LogP contribution in [0.4, 0.5) is 0 Å². The first-order valence-corrected chi connectivity index (χ1v) is 13.3. The van der Waals surface area contributed by atoms with Crippen LogP contribution in [0.1, 0.15) is 99.3 Å². The molecule has 170 valence electrons. The van der Waals surface area contributed by atoms with Crippen LogP contribution in [0, 0.1) is 52.3 Å². The molecule has 1 nitrogen and oxygen atoms in total. The molecule has 4 aliphatic rings. The molecule has 0 saturated heterocycles. The number of fused-ring (bicyclic) bond motifs is 5. The SMILES string of the molecule is CC[C@H](/C=C\[C@H](C)[C@@H]1CC[C@H]2[C@@H]3CC=C4C[C@@H](O)CC[C@]4(C)[C@H]3CC[C@@]21C)C(C)C. The van der Waals surface area contributed by atoms with E-state index in [1.54, 1.807) is 5.57 Å². The van der Waals surface area contributed by atoms with Gasteiger partial charge in [0.2, 0.25) is 0 Å².